The van der Waals surface area contributed by atoms with Crippen molar-refractivity contribution in [2.45, 2.75) is 26.3 Å². The van der Waals surface area contributed by atoms with E-state index in [9.17, 15) is 14.0 Å². The molecule has 0 aliphatic carbocycles. The van der Waals surface area contributed by atoms with Crippen LogP contribution in [0, 0.1) is 17.7 Å². The Labute approximate surface area is 137 Å². The Morgan fingerprint density at radius 3 is 2.92 bits per heavy atom. The Morgan fingerprint density at radius 1 is 1.46 bits per heavy atom. The zero-order valence-corrected chi connectivity index (χ0v) is 13.2. The molecule has 126 valence electrons. The van der Waals surface area contributed by atoms with E-state index in [2.05, 4.69) is 20.8 Å². The number of carbonyl (C=O) groups excluding carboxylic acids is 2. The van der Waals surface area contributed by atoms with Crippen LogP contribution in [0.5, 0.6) is 0 Å². The van der Waals surface area contributed by atoms with E-state index in [1.54, 1.807) is 0 Å². The fraction of sp³-hybridized carbons (Fsp3) is 0.375. The standard InChI is InChI=1S/C16H17FN4O3/c1-8(2)13(14-18-7-24-21-14)20-16(23)11-6-9-5-10(17)3-4-12(9)19-15(11)22/h3-5,7-8,11,13H,6H2,1-2H3,(H,19,22)(H,20,23). The second-order valence-electron chi connectivity index (χ2n) is 6.07. The monoisotopic (exact) mass is 332 g/mol. The zero-order chi connectivity index (χ0) is 17.3. The zero-order valence-electron chi connectivity index (χ0n) is 13.2. The highest BCUT2D eigenvalue weighted by molar-refractivity contribution is 6.08. The molecule has 7 nitrogen and oxygen atoms in total. The molecule has 0 saturated carbocycles. The number of fused-ring (bicyclic) bond motifs is 1. The van der Waals surface area contributed by atoms with Gasteiger partial charge in [0.15, 0.2) is 5.82 Å². The van der Waals surface area contributed by atoms with Gasteiger partial charge in [-0.15, -0.1) is 0 Å². The predicted octanol–water partition coefficient (Wildman–Crippen LogP) is 1.83. The summed E-state index contributed by atoms with van der Waals surface area (Å²) < 4.78 is 18.1. The van der Waals surface area contributed by atoms with Crippen molar-refractivity contribution in [3.63, 3.8) is 0 Å². The first-order valence-corrected chi connectivity index (χ1v) is 7.61. The van der Waals surface area contributed by atoms with E-state index >= 15 is 0 Å². The minimum atomic E-state index is -0.938. The van der Waals surface area contributed by atoms with Gasteiger partial charge in [-0.05, 0) is 36.1 Å². The largest absolute Gasteiger partial charge is 0.345 e. The van der Waals surface area contributed by atoms with E-state index in [1.165, 1.54) is 24.6 Å². The second kappa shape index (κ2) is 6.38. The summed E-state index contributed by atoms with van der Waals surface area (Å²) in [6.07, 6.45) is 1.32. The van der Waals surface area contributed by atoms with Crippen LogP contribution in [-0.2, 0) is 16.0 Å². The van der Waals surface area contributed by atoms with Crippen molar-refractivity contribution in [3.05, 3.63) is 41.8 Å². The Bertz CT molecular complexity index is 761. The number of amides is 2. The van der Waals surface area contributed by atoms with Crippen molar-refractivity contribution < 1.29 is 18.5 Å². The SMILES string of the molecule is CC(C)C(NC(=O)C1Cc2cc(F)ccc2NC1=O)c1ncon1. The maximum Gasteiger partial charge on any atom is 0.237 e. The molecule has 0 radical (unpaired) electrons. The van der Waals surface area contributed by atoms with E-state index in [-0.39, 0.29) is 12.3 Å². The lowest BCUT2D eigenvalue weighted by atomic mass is 9.91. The minimum Gasteiger partial charge on any atom is -0.345 e. The lowest BCUT2D eigenvalue weighted by Crippen LogP contribution is -2.44. The minimum absolute atomic E-state index is 0.00272. The number of carbonyl (C=O) groups is 2. The molecule has 0 saturated heterocycles. The van der Waals surface area contributed by atoms with E-state index in [0.717, 1.165) is 0 Å². The van der Waals surface area contributed by atoms with Gasteiger partial charge in [-0.25, -0.2) is 4.39 Å². The number of hydrogen-bond donors (Lipinski definition) is 2. The fourth-order valence-electron chi connectivity index (χ4n) is 2.70. The smallest absolute Gasteiger partial charge is 0.237 e. The number of aromatic nitrogens is 2. The summed E-state index contributed by atoms with van der Waals surface area (Å²) in [5.41, 5.74) is 1.12. The number of nitrogens with one attached hydrogen (secondary N) is 2. The molecular formula is C16H17FN4O3. The van der Waals surface area contributed by atoms with Crippen molar-refractivity contribution in [3.8, 4) is 0 Å². The van der Waals surface area contributed by atoms with Crippen LogP contribution in [0.2, 0.25) is 0 Å². The third kappa shape index (κ3) is 3.12. The highest BCUT2D eigenvalue weighted by atomic mass is 19.1. The second-order valence-corrected chi connectivity index (χ2v) is 6.07. The van der Waals surface area contributed by atoms with E-state index in [0.29, 0.717) is 17.1 Å². The molecule has 1 aromatic heterocycles. The molecule has 1 aliphatic rings. The topological polar surface area (TPSA) is 97.1 Å². The average molecular weight is 332 g/mol. The van der Waals surface area contributed by atoms with E-state index in [1.807, 2.05) is 13.8 Å². The van der Waals surface area contributed by atoms with Gasteiger partial charge in [-0.3, -0.25) is 9.59 Å². The number of benzene rings is 1. The molecule has 2 aromatic rings. The Balaban J connectivity index is 1.78. The summed E-state index contributed by atoms with van der Waals surface area (Å²) in [6.45, 7) is 3.79. The molecule has 2 N–H and O–H groups in total. The first-order chi connectivity index (χ1) is 11.5. The predicted molar refractivity (Wildman–Crippen MR) is 82.2 cm³/mol. The first-order valence-electron chi connectivity index (χ1n) is 7.61. The molecular weight excluding hydrogens is 315 g/mol. The molecule has 24 heavy (non-hydrogen) atoms. The Morgan fingerprint density at radius 2 is 2.25 bits per heavy atom. The number of nitrogens with zero attached hydrogens (tertiary/aromatic N) is 2. The average Bonchev–Trinajstić information content (AvgIpc) is 3.05. The summed E-state index contributed by atoms with van der Waals surface area (Å²) in [5.74, 6) is -1.86. The van der Waals surface area contributed by atoms with Gasteiger partial charge < -0.3 is 15.2 Å². The molecule has 3 rings (SSSR count). The van der Waals surface area contributed by atoms with Gasteiger partial charge >= 0.3 is 0 Å². The lowest BCUT2D eigenvalue weighted by molar-refractivity contribution is -0.133. The normalized spacial score (nSPS) is 18.0. The third-order valence-corrected chi connectivity index (χ3v) is 4.00. The van der Waals surface area contributed by atoms with Gasteiger partial charge in [-0.2, -0.15) is 4.98 Å². The van der Waals surface area contributed by atoms with Crippen molar-refractivity contribution in [2.75, 3.05) is 5.32 Å². The van der Waals surface area contributed by atoms with Crippen molar-refractivity contribution in [1.29, 1.82) is 0 Å². The van der Waals surface area contributed by atoms with E-state index < -0.39 is 29.6 Å². The maximum absolute atomic E-state index is 13.4. The molecule has 2 atom stereocenters. The molecule has 2 unspecified atom stereocenters. The maximum atomic E-state index is 13.4. The molecule has 0 spiro atoms. The molecule has 0 fully saturated rings. The van der Waals surface area contributed by atoms with Crippen molar-refractivity contribution >= 4 is 17.5 Å². The fourth-order valence-corrected chi connectivity index (χ4v) is 2.70. The number of anilines is 1. The summed E-state index contributed by atoms with van der Waals surface area (Å²) in [4.78, 5) is 28.7. The van der Waals surface area contributed by atoms with Crippen LogP contribution in [0.15, 0.2) is 29.1 Å². The van der Waals surface area contributed by atoms with Gasteiger partial charge in [0.1, 0.15) is 11.7 Å². The van der Waals surface area contributed by atoms with Gasteiger partial charge in [0.25, 0.3) is 0 Å². The lowest BCUT2D eigenvalue weighted by Gasteiger charge is -2.26. The summed E-state index contributed by atoms with van der Waals surface area (Å²) in [7, 11) is 0. The quantitative estimate of drug-likeness (QED) is 0.833. The number of rotatable bonds is 4. The van der Waals surface area contributed by atoms with Crippen molar-refractivity contribution in [1.82, 2.24) is 15.5 Å². The molecule has 1 aliphatic heterocycles. The van der Waals surface area contributed by atoms with Crippen LogP contribution in [-0.4, -0.2) is 22.0 Å². The van der Waals surface area contributed by atoms with Crippen LogP contribution in [0.1, 0.15) is 31.3 Å². The van der Waals surface area contributed by atoms with Gasteiger partial charge in [0.05, 0.1) is 6.04 Å². The Kier molecular flexibility index (Phi) is 4.28. The van der Waals surface area contributed by atoms with Crippen LogP contribution in [0.25, 0.3) is 0 Å². The summed E-state index contributed by atoms with van der Waals surface area (Å²) >= 11 is 0. The molecule has 2 amide bonds. The van der Waals surface area contributed by atoms with Gasteiger partial charge in [0.2, 0.25) is 18.2 Å². The highest BCUT2D eigenvalue weighted by Gasteiger charge is 2.34. The third-order valence-electron chi connectivity index (χ3n) is 4.00. The first kappa shape index (κ1) is 16.1. The number of hydrogen-bond acceptors (Lipinski definition) is 5. The van der Waals surface area contributed by atoms with Crippen LogP contribution in [0.3, 0.4) is 0 Å². The summed E-state index contributed by atoms with van der Waals surface area (Å²) in [5, 5.41) is 9.18. The molecule has 1 aromatic carbocycles. The van der Waals surface area contributed by atoms with Crippen LogP contribution >= 0.6 is 0 Å². The van der Waals surface area contributed by atoms with Gasteiger partial charge in [0, 0.05) is 5.69 Å². The van der Waals surface area contributed by atoms with Gasteiger partial charge in [-0.1, -0.05) is 19.0 Å². The van der Waals surface area contributed by atoms with Crippen LogP contribution < -0.4 is 10.6 Å². The molecule has 8 heteroatoms. The van der Waals surface area contributed by atoms with Crippen LogP contribution in [0.4, 0.5) is 10.1 Å². The Hall–Kier alpha value is -2.77. The number of halogens is 1. The van der Waals surface area contributed by atoms with E-state index in [4.69, 9.17) is 4.52 Å². The highest BCUT2D eigenvalue weighted by Crippen LogP contribution is 2.27. The molecule has 2 heterocycles. The molecule has 0 bridgehead atoms. The van der Waals surface area contributed by atoms with Crippen molar-refractivity contribution in [2.24, 2.45) is 11.8 Å². The summed E-state index contributed by atoms with van der Waals surface area (Å²) in [6, 6.07) is 3.61.